The Balaban J connectivity index is 2.21. The summed E-state index contributed by atoms with van der Waals surface area (Å²) in [6.45, 7) is 1.94. The summed E-state index contributed by atoms with van der Waals surface area (Å²) >= 11 is 5.94. The van der Waals surface area contributed by atoms with Gasteiger partial charge < -0.3 is 5.32 Å². The average molecular weight is 274 g/mol. The Morgan fingerprint density at radius 1 is 1.53 bits per heavy atom. The van der Waals surface area contributed by atoms with Crippen molar-refractivity contribution in [2.24, 2.45) is 0 Å². The van der Waals surface area contributed by atoms with E-state index in [1.807, 2.05) is 6.92 Å². The van der Waals surface area contributed by atoms with Crippen LogP contribution in [0, 0.1) is 0 Å². The highest BCUT2D eigenvalue weighted by Gasteiger charge is 2.22. The second-order valence-electron chi connectivity index (χ2n) is 3.75. The van der Waals surface area contributed by atoms with E-state index in [-0.39, 0.29) is 11.8 Å². The first-order valence-corrected chi connectivity index (χ1v) is 7.28. The highest BCUT2D eigenvalue weighted by molar-refractivity contribution is 7.94. The van der Waals surface area contributed by atoms with Gasteiger partial charge in [-0.05, 0) is 12.5 Å². The van der Waals surface area contributed by atoms with Crippen LogP contribution < -0.4 is 5.32 Å². The highest BCUT2D eigenvalue weighted by Crippen LogP contribution is 2.22. The summed E-state index contributed by atoms with van der Waals surface area (Å²) < 4.78 is 22.5. The Morgan fingerprint density at radius 3 is 2.88 bits per heavy atom. The minimum absolute atomic E-state index is 0.0533. The SMILES string of the molecule is CCc1c(Cl)ncnc1NC1C=CS(=O)(=O)C1. The number of nitrogens with zero attached hydrogens (tertiary/aromatic N) is 2. The quantitative estimate of drug-likeness (QED) is 0.843. The van der Waals surface area contributed by atoms with Crippen molar-refractivity contribution < 1.29 is 8.42 Å². The lowest BCUT2D eigenvalue weighted by Gasteiger charge is -2.13. The number of hydrogen-bond donors (Lipinski definition) is 1. The van der Waals surface area contributed by atoms with Gasteiger partial charge in [-0.2, -0.15) is 0 Å². The molecule has 0 spiro atoms. The van der Waals surface area contributed by atoms with E-state index in [9.17, 15) is 8.42 Å². The molecule has 0 fully saturated rings. The normalized spacial score (nSPS) is 21.6. The van der Waals surface area contributed by atoms with Crippen LogP contribution >= 0.6 is 11.6 Å². The zero-order chi connectivity index (χ0) is 12.5. The van der Waals surface area contributed by atoms with Gasteiger partial charge >= 0.3 is 0 Å². The molecule has 0 aromatic carbocycles. The van der Waals surface area contributed by atoms with E-state index >= 15 is 0 Å². The van der Waals surface area contributed by atoms with Gasteiger partial charge in [0.05, 0.1) is 11.8 Å². The molecule has 1 N–H and O–H groups in total. The van der Waals surface area contributed by atoms with Crippen LogP contribution in [0.3, 0.4) is 0 Å². The van der Waals surface area contributed by atoms with Crippen molar-refractivity contribution >= 4 is 27.3 Å². The van der Waals surface area contributed by atoms with Gasteiger partial charge in [0.15, 0.2) is 9.84 Å². The fourth-order valence-electron chi connectivity index (χ4n) is 1.67. The molecule has 92 valence electrons. The Bertz CT molecular complexity index is 557. The topological polar surface area (TPSA) is 72.0 Å². The smallest absolute Gasteiger partial charge is 0.173 e. The lowest BCUT2D eigenvalue weighted by molar-refractivity contribution is 0.605. The number of rotatable bonds is 3. The van der Waals surface area contributed by atoms with Crippen LogP contribution in [0.1, 0.15) is 12.5 Å². The predicted molar refractivity (Wildman–Crippen MR) is 66.8 cm³/mol. The molecular weight excluding hydrogens is 262 g/mol. The fraction of sp³-hybridized carbons (Fsp3) is 0.400. The van der Waals surface area contributed by atoms with Crippen LogP contribution in [0.15, 0.2) is 17.8 Å². The molecule has 1 aliphatic rings. The third-order valence-electron chi connectivity index (χ3n) is 2.50. The highest BCUT2D eigenvalue weighted by atomic mass is 35.5. The van der Waals surface area contributed by atoms with Crippen LogP contribution in [0.4, 0.5) is 5.82 Å². The monoisotopic (exact) mass is 273 g/mol. The maximum Gasteiger partial charge on any atom is 0.173 e. The molecule has 2 heterocycles. The third kappa shape index (κ3) is 2.76. The number of anilines is 1. The molecule has 0 bridgehead atoms. The first-order chi connectivity index (χ1) is 8.02. The molecule has 1 aromatic heterocycles. The molecular formula is C10H12ClN3O2S. The second-order valence-corrected chi connectivity index (χ2v) is 6.04. The van der Waals surface area contributed by atoms with Gasteiger partial charge in [-0.1, -0.05) is 18.5 Å². The van der Waals surface area contributed by atoms with Crippen LogP contribution in [0.2, 0.25) is 5.15 Å². The molecule has 0 saturated carbocycles. The number of nitrogens with one attached hydrogen (secondary N) is 1. The van der Waals surface area contributed by atoms with Crippen LogP contribution in [0.5, 0.6) is 0 Å². The zero-order valence-corrected chi connectivity index (χ0v) is 10.8. The molecule has 1 aromatic rings. The van der Waals surface area contributed by atoms with E-state index < -0.39 is 9.84 Å². The van der Waals surface area contributed by atoms with E-state index in [1.54, 1.807) is 6.08 Å². The first kappa shape index (κ1) is 12.3. The summed E-state index contributed by atoms with van der Waals surface area (Å²) in [5.74, 6) is 0.650. The molecule has 1 unspecified atom stereocenters. The number of halogens is 1. The van der Waals surface area contributed by atoms with Gasteiger partial charge in [-0.15, -0.1) is 0 Å². The van der Waals surface area contributed by atoms with Gasteiger partial charge in [0.1, 0.15) is 17.3 Å². The molecule has 0 amide bonds. The zero-order valence-electron chi connectivity index (χ0n) is 9.22. The summed E-state index contributed by atoms with van der Waals surface area (Å²) in [5.41, 5.74) is 0.798. The minimum Gasteiger partial charge on any atom is -0.362 e. The maximum atomic E-state index is 11.3. The van der Waals surface area contributed by atoms with Gasteiger partial charge in [-0.25, -0.2) is 18.4 Å². The molecule has 5 nitrogen and oxygen atoms in total. The molecule has 1 aliphatic heterocycles. The molecule has 1 atom stereocenters. The Morgan fingerprint density at radius 2 is 2.29 bits per heavy atom. The van der Waals surface area contributed by atoms with Crippen molar-refractivity contribution in [1.29, 1.82) is 0 Å². The van der Waals surface area contributed by atoms with Crippen molar-refractivity contribution in [2.45, 2.75) is 19.4 Å². The van der Waals surface area contributed by atoms with Gasteiger partial charge in [0.2, 0.25) is 0 Å². The third-order valence-corrected chi connectivity index (χ3v) is 4.22. The Hall–Kier alpha value is -1.14. The fourth-order valence-corrected chi connectivity index (χ4v) is 3.17. The molecule has 2 rings (SSSR count). The number of aromatic nitrogens is 2. The Labute approximate surface area is 105 Å². The minimum atomic E-state index is -3.06. The molecule has 7 heteroatoms. The number of hydrogen-bond acceptors (Lipinski definition) is 5. The van der Waals surface area contributed by atoms with E-state index in [1.165, 1.54) is 11.7 Å². The molecule has 0 radical (unpaired) electrons. The van der Waals surface area contributed by atoms with Gasteiger partial charge in [-0.3, -0.25) is 0 Å². The number of sulfone groups is 1. The summed E-state index contributed by atoms with van der Waals surface area (Å²) in [5, 5.41) is 4.67. The summed E-state index contributed by atoms with van der Waals surface area (Å²) in [4.78, 5) is 7.98. The molecule has 0 saturated heterocycles. The van der Waals surface area contributed by atoms with Crippen molar-refractivity contribution in [3.8, 4) is 0 Å². The maximum absolute atomic E-state index is 11.3. The van der Waals surface area contributed by atoms with Gasteiger partial charge in [0, 0.05) is 11.0 Å². The lowest BCUT2D eigenvalue weighted by atomic mass is 10.2. The van der Waals surface area contributed by atoms with E-state index in [4.69, 9.17) is 11.6 Å². The van der Waals surface area contributed by atoms with Crippen molar-refractivity contribution in [3.63, 3.8) is 0 Å². The van der Waals surface area contributed by atoms with E-state index in [0.717, 1.165) is 5.56 Å². The summed E-state index contributed by atoms with van der Waals surface area (Å²) in [6, 6.07) is -0.253. The van der Waals surface area contributed by atoms with Crippen molar-refractivity contribution in [3.05, 3.63) is 28.5 Å². The van der Waals surface area contributed by atoms with Crippen molar-refractivity contribution in [1.82, 2.24) is 9.97 Å². The summed E-state index contributed by atoms with van der Waals surface area (Å²) in [6.07, 6.45) is 3.66. The van der Waals surface area contributed by atoms with E-state index in [2.05, 4.69) is 15.3 Å². The lowest BCUT2D eigenvalue weighted by Crippen LogP contribution is -2.22. The largest absolute Gasteiger partial charge is 0.362 e. The second kappa shape index (κ2) is 4.62. The predicted octanol–water partition coefficient (Wildman–Crippen LogP) is 1.42. The van der Waals surface area contributed by atoms with E-state index in [0.29, 0.717) is 17.4 Å². The molecule has 17 heavy (non-hydrogen) atoms. The molecule has 0 aliphatic carbocycles. The Kier molecular flexibility index (Phi) is 3.35. The van der Waals surface area contributed by atoms with Crippen LogP contribution in [-0.2, 0) is 16.3 Å². The van der Waals surface area contributed by atoms with Crippen LogP contribution in [-0.4, -0.2) is 30.2 Å². The first-order valence-electron chi connectivity index (χ1n) is 5.18. The average Bonchev–Trinajstić information content (AvgIpc) is 2.58. The van der Waals surface area contributed by atoms with Gasteiger partial charge in [0.25, 0.3) is 0 Å². The van der Waals surface area contributed by atoms with Crippen LogP contribution in [0.25, 0.3) is 0 Å². The summed E-state index contributed by atoms with van der Waals surface area (Å²) in [7, 11) is -3.06. The van der Waals surface area contributed by atoms with Crippen molar-refractivity contribution in [2.75, 3.05) is 11.1 Å². The standard InChI is InChI=1S/C10H12ClN3O2S/c1-2-8-9(11)12-6-13-10(8)14-7-3-4-17(15,16)5-7/h3-4,6-7H,2,5H2,1H3,(H,12,13,14).